The topological polar surface area (TPSA) is 288 Å². The van der Waals surface area contributed by atoms with Crippen molar-refractivity contribution in [3.8, 4) is 5.75 Å². The van der Waals surface area contributed by atoms with Crippen molar-refractivity contribution in [2.24, 2.45) is 17.8 Å². The summed E-state index contributed by atoms with van der Waals surface area (Å²) in [7, 11) is 11.3. The molecule has 0 saturated carbocycles. The molecule has 2 aliphatic rings. The second kappa shape index (κ2) is 40.1. The maximum Gasteiger partial charge on any atom is 0.245 e. The summed E-state index contributed by atoms with van der Waals surface area (Å²) in [4.78, 5) is 189. The number of likely N-dealkylation sites (N-methyl/N-ethyl adjacent to an activating group) is 7. The SMILES string of the molecule is CCCC[C@@H]1NC(=O)[C@H](Cc2cccc(I)c2)NC(=O)CN(C)C(=O)[C@H](Cc2ccc(Cl)cc2)N(C)C(=O)CN(C)C(=O)CN(C)C(=O)[C@H]([C@@H](C)CC)NC(=O)[C@H](CC(C)C)N(C)C(=O)CC(C(=O)N2CCCCC2)N(C)C(=O)[C@H](CC(C)C)NC(=O)[C@H](Cc2ccccc2OC)N(C)C1=O. The third kappa shape index (κ3) is 24.4. The number of hydrogen-bond donors (Lipinski definition) is 4. The highest BCUT2D eigenvalue weighted by atomic mass is 127. The van der Waals surface area contributed by atoms with E-state index >= 15 is 28.8 Å². The van der Waals surface area contributed by atoms with Crippen LogP contribution in [0.2, 0.25) is 5.02 Å². The van der Waals surface area contributed by atoms with Crippen LogP contribution in [-0.4, -0.2) is 248 Å². The van der Waals surface area contributed by atoms with E-state index in [0.717, 1.165) is 24.7 Å². The zero-order valence-corrected chi connectivity index (χ0v) is 64.6. The Labute approximate surface area is 615 Å². The highest BCUT2D eigenvalue weighted by Crippen LogP contribution is 2.25. The first-order chi connectivity index (χ1) is 47.7. The van der Waals surface area contributed by atoms with Crippen molar-refractivity contribution in [3.05, 3.63) is 98.1 Å². The number of likely N-dealkylation sites (tertiary alicyclic amines) is 1. The van der Waals surface area contributed by atoms with Crippen molar-refractivity contribution in [2.45, 2.75) is 180 Å². The number of benzene rings is 3. The van der Waals surface area contributed by atoms with Gasteiger partial charge in [-0.25, -0.2) is 0 Å². The van der Waals surface area contributed by atoms with Crippen LogP contribution >= 0.6 is 34.2 Å². The minimum absolute atomic E-state index is 0.0482. The molecule has 0 bridgehead atoms. The lowest BCUT2D eigenvalue weighted by atomic mass is 9.95. The van der Waals surface area contributed by atoms with Crippen molar-refractivity contribution in [1.29, 1.82) is 0 Å². The molecule has 4 N–H and O–H groups in total. The summed E-state index contributed by atoms with van der Waals surface area (Å²) in [5.41, 5.74) is 1.78. The summed E-state index contributed by atoms with van der Waals surface area (Å²) in [5.74, 6) is -8.70. The van der Waals surface area contributed by atoms with E-state index in [1.807, 2.05) is 53.7 Å². The van der Waals surface area contributed by atoms with Gasteiger partial charge in [0.1, 0.15) is 54.1 Å². The largest absolute Gasteiger partial charge is 0.496 e. The predicted octanol–water partition coefficient (Wildman–Crippen LogP) is 5.35. The number of ether oxygens (including phenoxy) is 1. The first-order valence-electron chi connectivity index (χ1n) is 35.1. The van der Waals surface area contributed by atoms with E-state index in [0.29, 0.717) is 72.7 Å². The van der Waals surface area contributed by atoms with Gasteiger partial charge < -0.3 is 65.2 Å². The number of unbranched alkanes of at least 4 members (excludes halogenated alkanes) is 1. The molecule has 12 amide bonds. The van der Waals surface area contributed by atoms with Gasteiger partial charge in [0, 0.05) is 90.3 Å². The lowest BCUT2D eigenvalue weighted by Gasteiger charge is -2.38. The van der Waals surface area contributed by atoms with Crippen LogP contribution in [0.15, 0.2) is 72.8 Å². The summed E-state index contributed by atoms with van der Waals surface area (Å²) < 4.78 is 6.58. The minimum atomic E-state index is -1.43. The third-order valence-electron chi connectivity index (χ3n) is 19.0. The highest BCUT2D eigenvalue weighted by molar-refractivity contribution is 14.1. The number of carbonyl (C=O) groups is 12. The van der Waals surface area contributed by atoms with Gasteiger partial charge in [0.15, 0.2) is 0 Å². The minimum Gasteiger partial charge on any atom is -0.496 e. The van der Waals surface area contributed by atoms with Gasteiger partial charge in [-0.1, -0.05) is 122 Å². The van der Waals surface area contributed by atoms with Crippen molar-refractivity contribution < 1.29 is 62.3 Å². The molecule has 1 unspecified atom stereocenters. The van der Waals surface area contributed by atoms with Gasteiger partial charge >= 0.3 is 0 Å². The fourth-order valence-corrected chi connectivity index (χ4v) is 13.3. The Bertz CT molecular complexity index is 3370. The Morgan fingerprint density at radius 3 is 1.76 bits per heavy atom. The molecule has 3 aromatic carbocycles. The average Bonchev–Trinajstić information content (AvgIpc) is 0.809. The maximum absolute atomic E-state index is 15.5. The van der Waals surface area contributed by atoms with E-state index in [9.17, 15) is 28.8 Å². The molecule has 101 heavy (non-hydrogen) atoms. The Kier molecular flexibility index (Phi) is 33.3. The Morgan fingerprint density at radius 1 is 0.554 bits per heavy atom. The van der Waals surface area contributed by atoms with Gasteiger partial charge in [-0.3, -0.25) is 57.5 Å². The van der Waals surface area contributed by atoms with E-state index < -0.39 is 151 Å². The number of halogens is 2. The molecular formula is C74H108ClIN12O13. The molecule has 0 aromatic heterocycles. The van der Waals surface area contributed by atoms with E-state index in [-0.39, 0.29) is 50.4 Å². The quantitative estimate of drug-likeness (QED) is 0.124. The van der Waals surface area contributed by atoms with Crippen LogP contribution in [-0.2, 0) is 76.8 Å². The van der Waals surface area contributed by atoms with Crippen LogP contribution in [0.4, 0.5) is 0 Å². The van der Waals surface area contributed by atoms with Crippen molar-refractivity contribution in [1.82, 2.24) is 60.5 Å². The molecule has 25 nitrogen and oxygen atoms in total. The fraction of sp³-hybridized carbons (Fsp3) is 0.595. The first kappa shape index (κ1) is 83.8. The van der Waals surface area contributed by atoms with E-state index in [2.05, 4.69) is 43.9 Å². The molecule has 0 aliphatic carbocycles. The zero-order valence-electron chi connectivity index (χ0n) is 61.6. The molecule has 9 atom stereocenters. The van der Waals surface area contributed by atoms with Gasteiger partial charge in [0.05, 0.1) is 33.2 Å². The average molecular weight is 1540 g/mol. The number of rotatable bonds is 17. The van der Waals surface area contributed by atoms with Gasteiger partial charge in [-0.2, -0.15) is 0 Å². The second-order valence-electron chi connectivity index (χ2n) is 27.9. The highest BCUT2D eigenvalue weighted by Gasteiger charge is 2.43. The van der Waals surface area contributed by atoms with E-state index in [1.165, 1.54) is 76.0 Å². The Hall–Kier alpha value is -7.88. The number of carbonyl (C=O) groups excluding carboxylic acids is 12. The summed E-state index contributed by atoms with van der Waals surface area (Å²) in [6, 6.07) is 10.4. The molecule has 27 heteroatoms. The molecule has 556 valence electrons. The molecule has 0 radical (unpaired) electrons. The second-order valence-corrected chi connectivity index (χ2v) is 29.6. The fourth-order valence-electron chi connectivity index (χ4n) is 12.5. The standard InChI is InChI=1S/C74H108ClIN12O13/c1-16-18-28-54-70(96)86(13)58(41-51-26-20-21-29-61(51)101-15)68(94)79-56(36-46(3)4)71(97)87(14)60(73(99)88-34-22-19-23-35-88)42-63(90)84(11)57(37-47(5)6)69(95)80-66(48(7)17-2)74(100)83(10)44-64(91)81(8)45-65(92)85(12)59(40-49-30-32-52(75)33-31-49)72(98)82(9)43-62(89)77-55(67(93)78-54)39-50-25-24-27-53(76)38-50/h20-21,24-27,29-33,38,46-48,54-60,66H,16-19,22-23,28,34-37,39-45H2,1-15H3,(H,77,89)(H,78,93)(H,79,94)(H,80,95)/t48-,54-,55-,56-,57-,58-,59-,60?,66-/m0/s1. The third-order valence-corrected chi connectivity index (χ3v) is 20.0. The lowest BCUT2D eigenvalue weighted by molar-refractivity contribution is -0.151. The van der Waals surface area contributed by atoms with Crippen LogP contribution in [0.3, 0.4) is 0 Å². The van der Waals surface area contributed by atoms with E-state index in [1.54, 1.807) is 72.5 Å². The van der Waals surface area contributed by atoms with Crippen LogP contribution < -0.4 is 26.0 Å². The van der Waals surface area contributed by atoms with Crippen molar-refractivity contribution in [2.75, 3.05) is 89.2 Å². The summed E-state index contributed by atoms with van der Waals surface area (Å²) in [6.07, 6.45) is 3.07. The normalized spacial score (nSPS) is 23.3. The van der Waals surface area contributed by atoms with Crippen LogP contribution in [0.25, 0.3) is 0 Å². The van der Waals surface area contributed by atoms with Gasteiger partial charge in [-0.15, -0.1) is 0 Å². The molecular weight excluding hydrogens is 1430 g/mol. The van der Waals surface area contributed by atoms with Crippen LogP contribution in [0, 0.1) is 21.3 Å². The summed E-state index contributed by atoms with van der Waals surface area (Å²) >= 11 is 8.39. The van der Waals surface area contributed by atoms with E-state index in [4.69, 9.17) is 16.3 Å². The first-order valence-corrected chi connectivity index (χ1v) is 36.6. The number of nitrogens with one attached hydrogen (secondary N) is 4. The Morgan fingerprint density at radius 2 is 1.15 bits per heavy atom. The molecule has 5 rings (SSSR count). The zero-order chi connectivity index (χ0) is 75.1. The monoisotopic (exact) mass is 1530 g/mol. The lowest BCUT2D eigenvalue weighted by Crippen LogP contribution is -2.61. The van der Waals surface area contributed by atoms with Crippen LogP contribution in [0.5, 0.6) is 5.75 Å². The number of para-hydroxylation sites is 1. The molecule has 2 saturated heterocycles. The van der Waals surface area contributed by atoms with Gasteiger partial charge in [0.25, 0.3) is 0 Å². The number of piperidine rings is 1. The van der Waals surface area contributed by atoms with Gasteiger partial charge in [-0.05, 0) is 126 Å². The molecule has 2 fully saturated rings. The molecule has 0 spiro atoms. The van der Waals surface area contributed by atoms with Crippen molar-refractivity contribution in [3.63, 3.8) is 0 Å². The number of nitrogens with zero attached hydrogens (tertiary/aromatic N) is 8. The van der Waals surface area contributed by atoms with Gasteiger partial charge in [0.2, 0.25) is 70.9 Å². The van der Waals surface area contributed by atoms with Crippen LogP contribution in [0.1, 0.15) is 129 Å². The number of hydrogen-bond acceptors (Lipinski definition) is 13. The molecule has 2 heterocycles. The summed E-state index contributed by atoms with van der Waals surface area (Å²) in [5, 5.41) is 12.0. The maximum atomic E-state index is 15.5. The summed E-state index contributed by atoms with van der Waals surface area (Å²) in [6.45, 7) is 12.0. The molecule has 2 aliphatic heterocycles. The number of amides is 12. The molecule has 3 aromatic rings. The van der Waals surface area contributed by atoms with Crippen molar-refractivity contribution >= 4 is 105 Å². The number of methoxy groups -OCH3 is 1. The smallest absolute Gasteiger partial charge is 0.245 e. The predicted molar refractivity (Wildman–Crippen MR) is 395 cm³/mol. The Balaban J connectivity index is 1.68.